The van der Waals surface area contributed by atoms with Crippen molar-refractivity contribution in [1.82, 2.24) is 0 Å². The Hall–Kier alpha value is -0.820. The molecular formula is C36H70O3P+. The minimum Gasteiger partial charge on any atom is -0.231 e. The van der Waals surface area contributed by atoms with Crippen LogP contribution in [0.2, 0.25) is 0 Å². The normalized spacial score (nSPS) is 12.1. The van der Waals surface area contributed by atoms with Crippen molar-refractivity contribution >= 4 is 8.25 Å². The summed E-state index contributed by atoms with van der Waals surface area (Å²) in [6, 6.07) is 0. The van der Waals surface area contributed by atoms with Crippen LogP contribution in [0.1, 0.15) is 206 Å². The Kier molecular flexibility index (Phi) is 35.5. The van der Waals surface area contributed by atoms with Crippen LogP contribution in [0.15, 0.2) is 24.7 Å². The van der Waals surface area contributed by atoms with Crippen molar-refractivity contribution in [2.75, 3.05) is 0 Å². The summed E-state index contributed by atoms with van der Waals surface area (Å²) in [6.07, 6.45) is 47.5. The van der Waals surface area contributed by atoms with E-state index in [4.69, 9.17) is 9.05 Å². The molecule has 236 valence electrons. The number of unbranched alkanes of at least 4 members (excludes halogenated alkanes) is 28. The molecule has 0 radical (unpaired) electrons. The molecule has 0 aliphatic rings. The van der Waals surface area contributed by atoms with Crippen LogP contribution in [0.3, 0.4) is 0 Å². The Bertz CT molecular complexity index is 500. The van der Waals surface area contributed by atoms with Crippen molar-refractivity contribution < 1.29 is 13.6 Å². The lowest BCUT2D eigenvalue weighted by Crippen LogP contribution is -1.83. The third kappa shape index (κ3) is 35.2. The molecule has 0 spiro atoms. The van der Waals surface area contributed by atoms with Gasteiger partial charge >= 0.3 is 8.25 Å². The summed E-state index contributed by atoms with van der Waals surface area (Å²) < 4.78 is 22.1. The zero-order chi connectivity index (χ0) is 29.0. The van der Waals surface area contributed by atoms with E-state index in [2.05, 4.69) is 13.8 Å². The molecule has 0 aromatic rings. The fraction of sp³-hybridized carbons (Fsp3) is 0.889. The minimum atomic E-state index is -2.09. The first-order valence-electron chi connectivity index (χ1n) is 17.9. The van der Waals surface area contributed by atoms with Gasteiger partial charge in [-0.3, -0.25) is 0 Å². The summed E-state index contributed by atoms with van der Waals surface area (Å²) in [7, 11) is -2.09. The molecule has 4 heteroatoms. The molecule has 0 fully saturated rings. The van der Waals surface area contributed by atoms with Gasteiger partial charge in [0.25, 0.3) is 0 Å². The lowest BCUT2D eigenvalue weighted by atomic mass is 10.0. The second-order valence-electron chi connectivity index (χ2n) is 11.9. The molecule has 0 N–H and O–H groups in total. The lowest BCUT2D eigenvalue weighted by Gasteiger charge is -2.02. The van der Waals surface area contributed by atoms with Gasteiger partial charge < -0.3 is 0 Å². The Morgan fingerprint density at radius 1 is 0.375 bits per heavy atom. The van der Waals surface area contributed by atoms with E-state index >= 15 is 0 Å². The zero-order valence-corrected chi connectivity index (χ0v) is 28.1. The van der Waals surface area contributed by atoms with Crippen molar-refractivity contribution in [2.24, 2.45) is 0 Å². The van der Waals surface area contributed by atoms with Gasteiger partial charge in [0.2, 0.25) is 0 Å². The van der Waals surface area contributed by atoms with Gasteiger partial charge in [-0.2, -0.15) is 0 Å². The Labute approximate surface area is 252 Å². The van der Waals surface area contributed by atoms with Gasteiger partial charge in [-0.25, -0.2) is 9.05 Å². The third-order valence-corrected chi connectivity index (χ3v) is 8.52. The van der Waals surface area contributed by atoms with E-state index in [1.54, 1.807) is 12.5 Å². The van der Waals surface area contributed by atoms with Gasteiger partial charge in [-0.05, 0) is 37.8 Å². The SMILES string of the molecule is CCCCCCCCCCCCCCCCC=CO[P+](=O)OC=CCCCCCCCCCCCCCCCC. The quantitative estimate of drug-likeness (QED) is 0.0431. The maximum atomic E-state index is 11.8. The molecule has 0 saturated carbocycles. The van der Waals surface area contributed by atoms with Crippen molar-refractivity contribution in [3.63, 3.8) is 0 Å². The summed E-state index contributed by atoms with van der Waals surface area (Å²) in [5.74, 6) is 0. The molecule has 0 bridgehead atoms. The van der Waals surface area contributed by atoms with Gasteiger partial charge in [0.15, 0.2) is 12.5 Å². The van der Waals surface area contributed by atoms with E-state index in [0.717, 1.165) is 12.8 Å². The fourth-order valence-electron chi connectivity index (χ4n) is 5.26. The molecule has 40 heavy (non-hydrogen) atoms. The van der Waals surface area contributed by atoms with Crippen LogP contribution in [-0.2, 0) is 13.6 Å². The molecule has 0 atom stereocenters. The molecule has 0 unspecified atom stereocenters. The van der Waals surface area contributed by atoms with Crippen LogP contribution >= 0.6 is 8.25 Å². The second kappa shape index (κ2) is 36.2. The number of hydrogen-bond acceptors (Lipinski definition) is 3. The predicted molar refractivity (Wildman–Crippen MR) is 178 cm³/mol. The van der Waals surface area contributed by atoms with Crippen LogP contribution in [0.4, 0.5) is 0 Å². The monoisotopic (exact) mass is 582 g/mol. The minimum absolute atomic E-state index is 0.982. The molecule has 0 aromatic carbocycles. The molecule has 0 heterocycles. The van der Waals surface area contributed by atoms with Crippen LogP contribution in [0.25, 0.3) is 0 Å². The van der Waals surface area contributed by atoms with E-state index in [9.17, 15) is 4.57 Å². The molecule has 0 amide bonds. The van der Waals surface area contributed by atoms with E-state index in [1.807, 2.05) is 12.2 Å². The average molecular weight is 582 g/mol. The Morgan fingerprint density at radius 3 is 0.850 bits per heavy atom. The summed E-state index contributed by atoms with van der Waals surface area (Å²) >= 11 is 0. The standard InChI is InChI=1S/C36H70O3P/c1-3-5-7-9-11-13-15-17-19-21-23-25-27-29-31-33-35-38-40(37)39-36-34-32-30-28-26-24-22-20-18-16-14-12-10-8-6-4-2/h33-36H,3-32H2,1-2H3/q+1. The van der Waals surface area contributed by atoms with E-state index in [1.165, 1.54) is 180 Å². The topological polar surface area (TPSA) is 35.5 Å². The maximum Gasteiger partial charge on any atom is 0.804 e. The highest BCUT2D eigenvalue weighted by Gasteiger charge is 2.16. The van der Waals surface area contributed by atoms with Crippen molar-refractivity contribution in [3.05, 3.63) is 24.7 Å². The van der Waals surface area contributed by atoms with Crippen molar-refractivity contribution in [1.29, 1.82) is 0 Å². The van der Waals surface area contributed by atoms with Crippen LogP contribution in [0.5, 0.6) is 0 Å². The van der Waals surface area contributed by atoms with E-state index in [0.29, 0.717) is 0 Å². The summed E-state index contributed by atoms with van der Waals surface area (Å²) in [5.41, 5.74) is 0. The maximum absolute atomic E-state index is 11.8. The van der Waals surface area contributed by atoms with Crippen LogP contribution in [-0.4, -0.2) is 0 Å². The highest BCUT2D eigenvalue weighted by molar-refractivity contribution is 7.33. The fourth-order valence-corrected chi connectivity index (χ4v) is 5.68. The summed E-state index contributed by atoms with van der Waals surface area (Å²) in [6.45, 7) is 4.57. The molecular weight excluding hydrogens is 511 g/mol. The summed E-state index contributed by atoms with van der Waals surface area (Å²) in [4.78, 5) is 0. The number of rotatable bonds is 34. The first-order chi connectivity index (χ1) is 19.8. The first-order valence-corrected chi connectivity index (χ1v) is 19.0. The highest BCUT2D eigenvalue weighted by Crippen LogP contribution is 2.25. The molecule has 0 saturated heterocycles. The van der Waals surface area contributed by atoms with Gasteiger partial charge in [0.05, 0.1) is 0 Å². The molecule has 0 aliphatic carbocycles. The van der Waals surface area contributed by atoms with Crippen molar-refractivity contribution in [3.8, 4) is 0 Å². The Morgan fingerprint density at radius 2 is 0.600 bits per heavy atom. The molecule has 0 aliphatic heterocycles. The van der Waals surface area contributed by atoms with Gasteiger partial charge in [0.1, 0.15) is 0 Å². The Balaban J connectivity index is 3.27. The van der Waals surface area contributed by atoms with Gasteiger partial charge in [-0.1, -0.05) is 181 Å². The molecule has 0 rings (SSSR count). The molecule has 3 nitrogen and oxygen atoms in total. The number of hydrogen-bond donors (Lipinski definition) is 0. The molecule has 0 aromatic heterocycles. The second-order valence-corrected chi connectivity index (χ2v) is 12.8. The van der Waals surface area contributed by atoms with Crippen LogP contribution in [0, 0.1) is 0 Å². The van der Waals surface area contributed by atoms with E-state index in [-0.39, 0.29) is 0 Å². The van der Waals surface area contributed by atoms with Gasteiger partial charge in [0, 0.05) is 4.57 Å². The lowest BCUT2D eigenvalue weighted by molar-refractivity contribution is 0.354. The third-order valence-electron chi connectivity index (χ3n) is 7.93. The summed E-state index contributed by atoms with van der Waals surface area (Å²) in [5, 5.41) is 0. The first kappa shape index (κ1) is 39.2. The highest BCUT2D eigenvalue weighted by atomic mass is 31.1. The number of allylic oxidation sites excluding steroid dienone is 2. The van der Waals surface area contributed by atoms with Crippen molar-refractivity contribution in [2.45, 2.75) is 206 Å². The predicted octanol–water partition coefficient (Wildman–Crippen LogP) is 14.4. The zero-order valence-electron chi connectivity index (χ0n) is 27.2. The van der Waals surface area contributed by atoms with E-state index < -0.39 is 8.25 Å². The average Bonchev–Trinajstić information content (AvgIpc) is 2.96. The largest absolute Gasteiger partial charge is 0.804 e. The van der Waals surface area contributed by atoms with Gasteiger partial charge in [-0.15, -0.1) is 0 Å². The smallest absolute Gasteiger partial charge is 0.231 e. The van der Waals surface area contributed by atoms with Crippen LogP contribution < -0.4 is 0 Å².